The molecule has 3 rings (SSSR count). The van der Waals surface area contributed by atoms with Crippen molar-refractivity contribution in [3.63, 3.8) is 0 Å². The fourth-order valence-corrected chi connectivity index (χ4v) is 4.43. The minimum absolute atomic E-state index is 0.180. The molecule has 3 heterocycles. The topological polar surface area (TPSA) is 114 Å². The van der Waals surface area contributed by atoms with Crippen LogP contribution in [0.1, 0.15) is 23.2 Å². The third kappa shape index (κ3) is 5.38. The quantitative estimate of drug-likeness (QED) is 0.512. The van der Waals surface area contributed by atoms with Crippen molar-refractivity contribution in [1.29, 1.82) is 0 Å². The van der Waals surface area contributed by atoms with E-state index in [2.05, 4.69) is 20.3 Å². The summed E-state index contributed by atoms with van der Waals surface area (Å²) in [4.78, 5) is 49.3. The molecule has 0 unspecified atom stereocenters. The van der Waals surface area contributed by atoms with Crippen LogP contribution < -0.4 is 10.9 Å². The number of carbonyl (C=O) groups excluding carboxylic acids is 2. The first-order chi connectivity index (χ1) is 14.2. The number of amides is 1. The van der Waals surface area contributed by atoms with Gasteiger partial charge in [0, 0.05) is 11.1 Å². The molecule has 2 N–H and O–H groups in total. The van der Waals surface area contributed by atoms with Gasteiger partial charge in [-0.15, -0.1) is 23.1 Å². The van der Waals surface area contributed by atoms with Gasteiger partial charge in [-0.1, -0.05) is 11.6 Å². The summed E-state index contributed by atoms with van der Waals surface area (Å²) in [6.45, 7) is 5.09. The number of H-pyrrole nitrogens is 1. The lowest BCUT2D eigenvalue weighted by Crippen LogP contribution is -2.25. The predicted octanol–water partition coefficient (Wildman–Crippen LogP) is 3.45. The van der Waals surface area contributed by atoms with E-state index in [0.29, 0.717) is 32.6 Å². The van der Waals surface area contributed by atoms with Gasteiger partial charge in [-0.25, -0.2) is 9.97 Å². The number of thiophene rings is 1. The van der Waals surface area contributed by atoms with Crippen LogP contribution in [0.4, 0.5) is 5.82 Å². The monoisotopic (exact) mass is 466 g/mol. The number of carbonyl (C=O) groups is 2. The molecule has 158 valence electrons. The van der Waals surface area contributed by atoms with Gasteiger partial charge in [0.25, 0.3) is 11.5 Å². The zero-order chi connectivity index (χ0) is 21.8. The Morgan fingerprint density at radius 1 is 1.37 bits per heavy atom. The molecule has 0 spiro atoms. The SMILES string of the molecule is Cc1sc2nc(CS[C@@H](C)C(=O)OCC(=O)Nc3ccc(Cl)cn3)[nH]c(=O)c2c1C. The Labute approximate surface area is 185 Å². The summed E-state index contributed by atoms with van der Waals surface area (Å²) in [5.41, 5.74) is 0.757. The Kier molecular flexibility index (Phi) is 7.11. The van der Waals surface area contributed by atoms with E-state index in [9.17, 15) is 14.4 Å². The van der Waals surface area contributed by atoms with Crippen molar-refractivity contribution in [3.05, 3.63) is 50.0 Å². The number of pyridine rings is 1. The van der Waals surface area contributed by atoms with Crippen LogP contribution in [0.5, 0.6) is 0 Å². The molecule has 0 aliphatic heterocycles. The highest BCUT2D eigenvalue weighted by molar-refractivity contribution is 7.99. The highest BCUT2D eigenvalue weighted by Gasteiger charge is 2.18. The maximum atomic E-state index is 12.3. The van der Waals surface area contributed by atoms with E-state index in [-0.39, 0.29) is 5.56 Å². The summed E-state index contributed by atoms with van der Waals surface area (Å²) in [7, 11) is 0. The number of rotatable bonds is 7. The molecule has 30 heavy (non-hydrogen) atoms. The lowest BCUT2D eigenvalue weighted by atomic mass is 10.2. The van der Waals surface area contributed by atoms with Crippen molar-refractivity contribution in [3.8, 4) is 0 Å². The number of aromatic amines is 1. The maximum absolute atomic E-state index is 12.3. The Morgan fingerprint density at radius 3 is 2.83 bits per heavy atom. The number of ether oxygens (including phenoxy) is 1. The molecule has 0 saturated carbocycles. The van der Waals surface area contributed by atoms with Crippen LogP contribution in [0.25, 0.3) is 10.2 Å². The molecule has 0 aromatic carbocycles. The van der Waals surface area contributed by atoms with Gasteiger partial charge in [0.05, 0.1) is 16.2 Å². The van der Waals surface area contributed by atoms with Crippen LogP contribution in [0, 0.1) is 13.8 Å². The number of esters is 1. The summed E-state index contributed by atoms with van der Waals surface area (Å²) in [6.07, 6.45) is 1.40. The van der Waals surface area contributed by atoms with E-state index in [0.717, 1.165) is 10.4 Å². The highest BCUT2D eigenvalue weighted by Crippen LogP contribution is 2.26. The van der Waals surface area contributed by atoms with Crippen LogP contribution in [0.3, 0.4) is 0 Å². The summed E-state index contributed by atoms with van der Waals surface area (Å²) < 4.78 is 5.05. The normalized spacial score (nSPS) is 12.0. The average Bonchev–Trinajstić information content (AvgIpc) is 3.00. The minimum Gasteiger partial charge on any atom is -0.455 e. The Hall–Kier alpha value is -2.43. The third-order valence-electron chi connectivity index (χ3n) is 4.23. The fraction of sp³-hybridized carbons (Fsp3) is 0.316. The van der Waals surface area contributed by atoms with Gasteiger partial charge in [-0.2, -0.15) is 0 Å². The number of hydrogen-bond donors (Lipinski definition) is 2. The van der Waals surface area contributed by atoms with E-state index >= 15 is 0 Å². The van der Waals surface area contributed by atoms with Gasteiger partial charge in [-0.3, -0.25) is 14.4 Å². The minimum atomic E-state index is -0.542. The van der Waals surface area contributed by atoms with Gasteiger partial charge in [0.1, 0.15) is 21.7 Å². The Bertz CT molecular complexity index is 1140. The molecule has 0 aliphatic carbocycles. The molecule has 1 atom stereocenters. The summed E-state index contributed by atoms with van der Waals surface area (Å²) in [6, 6.07) is 3.13. The maximum Gasteiger partial charge on any atom is 0.319 e. The van der Waals surface area contributed by atoms with E-state index < -0.39 is 23.7 Å². The molecule has 0 aliphatic rings. The summed E-state index contributed by atoms with van der Waals surface area (Å²) in [5, 5.41) is 3.03. The number of nitrogens with zero attached hydrogens (tertiary/aromatic N) is 2. The zero-order valence-electron chi connectivity index (χ0n) is 16.4. The molecule has 11 heteroatoms. The van der Waals surface area contributed by atoms with E-state index in [1.807, 2.05) is 13.8 Å². The van der Waals surface area contributed by atoms with Crippen molar-refractivity contribution < 1.29 is 14.3 Å². The lowest BCUT2D eigenvalue weighted by molar-refractivity contribution is -0.146. The first-order valence-corrected chi connectivity index (χ1v) is 11.2. The lowest BCUT2D eigenvalue weighted by Gasteiger charge is -2.11. The highest BCUT2D eigenvalue weighted by atomic mass is 35.5. The molecule has 0 bridgehead atoms. The first kappa shape index (κ1) is 22.3. The smallest absolute Gasteiger partial charge is 0.319 e. The fourth-order valence-electron chi connectivity index (χ4n) is 2.52. The van der Waals surface area contributed by atoms with Gasteiger partial charge in [0.2, 0.25) is 0 Å². The number of fused-ring (bicyclic) bond motifs is 1. The van der Waals surface area contributed by atoms with Crippen LogP contribution in [-0.2, 0) is 20.1 Å². The summed E-state index contributed by atoms with van der Waals surface area (Å²) >= 11 is 8.47. The third-order valence-corrected chi connectivity index (χ3v) is 6.69. The Balaban J connectivity index is 1.51. The second kappa shape index (κ2) is 9.59. The zero-order valence-corrected chi connectivity index (χ0v) is 18.8. The average molecular weight is 467 g/mol. The van der Waals surface area contributed by atoms with E-state index in [1.54, 1.807) is 19.1 Å². The number of hydrogen-bond acceptors (Lipinski definition) is 8. The number of aryl methyl sites for hydroxylation is 2. The number of halogens is 1. The molecule has 3 aromatic heterocycles. The largest absolute Gasteiger partial charge is 0.455 e. The molecule has 0 fully saturated rings. The molecule has 8 nitrogen and oxygen atoms in total. The van der Waals surface area contributed by atoms with Crippen molar-refractivity contribution >= 4 is 62.6 Å². The van der Waals surface area contributed by atoms with Crippen molar-refractivity contribution in [2.75, 3.05) is 11.9 Å². The van der Waals surface area contributed by atoms with E-state index in [1.165, 1.54) is 29.3 Å². The number of anilines is 1. The van der Waals surface area contributed by atoms with Crippen molar-refractivity contribution in [1.82, 2.24) is 15.0 Å². The van der Waals surface area contributed by atoms with Crippen LogP contribution in [0.2, 0.25) is 5.02 Å². The molecule has 0 saturated heterocycles. The molecular weight excluding hydrogens is 448 g/mol. The molecule has 0 radical (unpaired) electrons. The van der Waals surface area contributed by atoms with Crippen LogP contribution in [-0.4, -0.2) is 38.7 Å². The number of nitrogens with one attached hydrogen (secondary N) is 2. The number of aromatic nitrogens is 3. The summed E-state index contributed by atoms with van der Waals surface area (Å²) in [5.74, 6) is 0.0937. The van der Waals surface area contributed by atoms with Gasteiger partial charge in [0.15, 0.2) is 6.61 Å². The number of thioether (sulfide) groups is 1. The van der Waals surface area contributed by atoms with Gasteiger partial charge in [-0.05, 0) is 38.5 Å². The molecular formula is C19H19ClN4O4S2. The van der Waals surface area contributed by atoms with E-state index in [4.69, 9.17) is 16.3 Å². The predicted molar refractivity (Wildman–Crippen MR) is 119 cm³/mol. The van der Waals surface area contributed by atoms with Crippen molar-refractivity contribution in [2.45, 2.75) is 31.8 Å². The van der Waals surface area contributed by atoms with Gasteiger partial charge < -0.3 is 15.0 Å². The van der Waals surface area contributed by atoms with Crippen molar-refractivity contribution in [2.24, 2.45) is 0 Å². The van der Waals surface area contributed by atoms with Crippen LogP contribution in [0.15, 0.2) is 23.1 Å². The molecule has 1 amide bonds. The second-order valence-corrected chi connectivity index (χ2v) is 9.42. The van der Waals surface area contributed by atoms with Crippen LogP contribution >= 0.6 is 34.7 Å². The molecule has 3 aromatic rings. The standard InChI is InChI=1S/C19H19ClN4O4S2/c1-9-10(2)30-18-16(9)17(26)23-14(24-18)8-29-11(3)19(27)28-7-15(25)22-13-5-4-12(20)6-21-13/h4-6,11H,7-8H2,1-3H3,(H,21,22,25)(H,23,24,26)/t11-/m0/s1. The second-order valence-electron chi connectivity index (χ2n) is 6.45. The Morgan fingerprint density at radius 2 is 2.13 bits per heavy atom. The first-order valence-electron chi connectivity index (χ1n) is 8.93. The van der Waals surface area contributed by atoms with Gasteiger partial charge >= 0.3 is 5.97 Å².